The van der Waals surface area contributed by atoms with Gasteiger partial charge in [-0.3, -0.25) is 4.99 Å². The van der Waals surface area contributed by atoms with Crippen molar-refractivity contribution in [2.45, 2.75) is 33.7 Å². The van der Waals surface area contributed by atoms with E-state index in [1.807, 2.05) is 0 Å². The Morgan fingerprint density at radius 3 is 2.65 bits per heavy atom. The molecule has 0 bridgehead atoms. The zero-order valence-corrected chi connectivity index (χ0v) is 13.4. The van der Waals surface area contributed by atoms with Gasteiger partial charge >= 0.3 is 0 Å². The van der Waals surface area contributed by atoms with Crippen LogP contribution in [0.15, 0.2) is 29.3 Å². The Kier molecular flexibility index (Phi) is 6.91. The van der Waals surface area contributed by atoms with Gasteiger partial charge in [-0.05, 0) is 45.4 Å². The Labute approximate surface area is 123 Å². The van der Waals surface area contributed by atoms with Crippen LogP contribution in [0.4, 0.5) is 5.69 Å². The number of nitrogens with zero attached hydrogens (tertiary/aromatic N) is 2. The standard InChI is InChI=1S/C16H28N4/c1-6-20(15-9-7-8-14(4)12-15)11-10-18-16(17-5)19-13(2)3/h7-9,12-13H,6,10-11H2,1-5H3,(H2,17,18,19). The fourth-order valence-corrected chi connectivity index (χ4v) is 2.07. The van der Waals surface area contributed by atoms with Crippen LogP contribution in [0.25, 0.3) is 0 Å². The van der Waals surface area contributed by atoms with Crippen LogP contribution in [0, 0.1) is 6.92 Å². The zero-order valence-electron chi connectivity index (χ0n) is 13.4. The summed E-state index contributed by atoms with van der Waals surface area (Å²) in [6.07, 6.45) is 0. The van der Waals surface area contributed by atoms with Gasteiger partial charge in [0.2, 0.25) is 0 Å². The Morgan fingerprint density at radius 1 is 1.35 bits per heavy atom. The predicted molar refractivity (Wildman–Crippen MR) is 88.7 cm³/mol. The third-order valence-electron chi connectivity index (χ3n) is 3.07. The van der Waals surface area contributed by atoms with Gasteiger partial charge in [0.25, 0.3) is 0 Å². The SMILES string of the molecule is CCN(CCNC(=NC)NC(C)C)c1cccc(C)c1. The third-order valence-corrected chi connectivity index (χ3v) is 3.07. The first-order chi connectivity index (χ1) is 9.56. The Morgan fingerprint density at radius 2 is 2.10 bits per heavy atom. The highest BCUT2D eigenvalue weighted by Gasteiger charge is 2.05. The van der Waals surface area contributed by atoms with Crippen LogP contribution in [-0.4, -0.2) is 38.7 Å². The molecule has 1 aromatic rings. The molecule has 2 N–H and O–H groups in total. The van der Waals surface area contributed by atoms with Gasteiger partial charge in [-0.25, -0.2) is 0 Å². The van der Waals surface area contributed by atoms with Gasteiger partial charge in [0.1, 0.15) is 0 Å². The number of nitrogens with one attached hydrogen (secondary N) is 2. The summed E-state index contributed by atoms with van der Waals surface area (Å²) < 4.78 is 0. The minimum atomic E-state index is 0.389. The first-order valence-corrected chi connectivity index (χ1v) is 7.35. The monoisotopic (exact) mass is 276 g/mol. The number of aryl methyl sites for hydroxylation is 1. The largest absolute Gasteiger partial charge is 0.370 e. The Balaban J connectivity index is 2.50. The average molecular weight is 276 g/mol. The number of hydrogen-bond acceptors (Lipinski definition) is 2. The molecular formula is C16H28N4. The minimum absolute atomic E-state index is 0.389. The highest BCUT2D eigenvalue weighted by Crippen LogP contribution is 2.14. The summed E-state index contributed by atoms with van der Waals surface area (Å²) in [5, 5.41) is 6.64. The number of benzene rings is 1. The van der Waals surface area contributed by atoms with Crippen LogP contribution in [0.3, 0.4) is 0 Å². The van der Waals surface area contributed by atoms with E-state index in [4.69, 9.17) is 0 Å². The lowest BCUT2D eigenvalue weighted by Crippen LogP contribution is -2.44. The lowest BCUT2D eigenvalue weighted by Gasteiger charge is -2.24. The maximum atomic E-state index is 4.21. The number of guanidine groups is 1. The Bertz CT molecular complexity index is 426. The molecule has 0 saturated heterocycles. The molecule has 0 aliphatic rings. The first kappa shape index (κ1) is 16.3. The molecule has 0 amide bonds. The molecule has 0 aliphatic heterocycles. The van der Waals surface area contributed by atoms with E-state index in [9.17, 15) is 0 Å². The van der Waals surface area contributed by atoms with Crippen LogP contribution in [-0.2, 0) is 0 Å². The summed E-state index contributed by atoms with van der Waals surface area (Å²) in [6, 6.07) is 9.02. The second-order valence-electron chi connectivity index (χ2n) is 5.22. The number of rotatable bonds is 6. The van der Waals surface area contributed by atoms with Crippen LogP contribution >= 0.6 is 0 Å². The van der Waals surface area contributed by atoms with E-state index in [1.54, 1.807) is 7.05 Å². The number of aliphatic imine (C=N–C) groups is 1. The fraction of sp³-hybridized carbons (Fsp3) is 0.562. The van der Waals surface area contributed by atoms with Crippen molar-refractivity contribution in [1.29, 1.82) is 0 Å². The van der Waals surface area contributed by atoms with E-state index >= 15 is 0 Å². The summed E-state index contributed by atoms with van der Waals surface area (Å²) in [5.74, 6) is 0.861. The van der Waals surface area contributed by atoms with Crippen molar-refractivity contribution >= 4 is 11.6 Å². The van der Waals surface area contributed by atoms with Crippen LogP contribution < -0.4 is 15.5 Å². The summed E-state index contributed by atoms with van der Waals surface area (Å²) in [5.41, 5.74) is 2.58. The van der Waals surface area contributed by atoms with Crippen LogP contribution in [0.2, 0.25) is 0 Å². The molecule has 0 heterocycles. The summed E-state index contributed by atoms with van der Waals surface area (Å²) in [7, 11) is 1.80. The minimum Gasteiger partial charge on any atom is -0.370 e. The van der Waals surface area contributed by atoms with Gasteiger partial charge in [-0.2, -0.15) is 0 Å². The topological polar surface area (TPSA) is 39.7 Å². The summed E-state index contributed by atoms with van der Waals surface area (Å²) in [4.78, 5) is 6.58. The van der Waals surface area contributed by atoms with E-state index in [1.165, 1.54) is 11.3 Å². The molecule has 0 fully saturated rings. The van der Waals surface area contributed by atoms with Crippen LogP contribution in [0.1, 0.15) is 26.3 Å². The predicted octanol–water partition coefficient (Wildman–Crippen LogP) is 2.39. The Hall–Kier alpha value is -1.71. The van der Waals surface area contributed by atoms with Crippen molar-refractivity contribution in [2.24, 2.45) is 4.99 Å². The molecule has 0 aromatic heterocycles. The smallest absolute Gasteiger partial charge is 0.191 e. The molecule has 0 atom stereocenters. The van der Waals surface area contributed by atoms with Crippen LogP contribution in [0.5, 0.6) is 0 Å². The maximum absolute atomic E-state index is 4.21. The van der Waals surface area contributed by atoms with Gasteiger partial charge in [0.15, 0.2) is 5.96 Å². The second-order valence-corrected chi connectivity index (χ2v) is 5.22. The number of hydrogen-bond donors (Lipinski definition) is 2. The zero-order chi connectivity index (χ0) is 15.0. The van der Waals surface area contributed by atoms with Crippen molar-refractivity contribution < 1.29 is 0 Å². The normalized spacial score (nSPS) is 11.6. The van der Waals surface area contributed by atoms with E-state index in [0.717, 1.165) is 25.6 Å². The molecule has 0 unspecified atom stereocenters. The number of likely N-dealkylation sites (N-methyl/N-ethyl adjacent to an activating group) is 1. The molecular weight excluding hydrogens is 248 g/mol. The van der Waals surface area contributed by atoms with Crippen molar-refractivity contribution in [1.82, 2.24) is 10.6 Å². The molecule has 0 radical (unpaired) electrons. The molecule has 1 rings (SSSR count). The van der Waals surface area contributed by atoms with Crippen molar-refractivity contribution in [3.63, 3.8) is 0 Å². The summed E-state index contributed by atoms with van der Waals surface area (Å²) in [6.45, 7) is 11.4. The van der Waals surface area contributed by atoms with E-state index < -0.39 is 0 Å². The van der Waals surface area contributed by atoms with E-state index in [-0.39, 0.29) is 0 Å². The highest BCUT2D eigenvalue weighted by molar-refractivity contribution is 5.79. The quantitative estimate of drug-likeness (QED) is 0.619. The summed E-state index contributed by atoms with van der Waals surface area (Å²) >= 11 is 0. The van der Waals surface area contributed by atoms with Gasteiger partial charge in [0, 0.05) is 38.4 Å². The average Bonchev–Trinajstić information content (AvgIpc) is 2.41. The lowest BCUT2D eigenvalue weighted by molar-refractivity contribution is 0.691. The molecule has 20 heavy (non-hydrogen) atoms. The molecule has 0 aliphatic carbocycles. The molecule has 4 nitrogen and oxygen atoms in total. The second kappa shape index (κ2) is 8.46. The lowest BCUT2D eigenvalue weighted by atomic mass is 10.2. The van der Waals surface area contributed by atoms with Gasteiger partial charge in [-0.15, -0.1) is 0 Å². The first-order valence-electron chi connectivity index (χ1n) is 7.35. The van der Waals surface area contributed by atoms with Crippen molar-refractivity contribution in [2.75, 3.05) is 31.6 Å². The maximum Gasteiger partial charge on any atom is 0.191 e. The van der Waals surface area contributed by atoms with E-state index in [2.05, 4.69) is 72.5 Å². The van der Waals surface area contributed by atoms with Crippen molar-refractivity contribution in [3.05, 3.63) is 29.8 Å². The van der Waals surface area contributed by atoms with Crippen molar-refractivity contribution in [3.8, 4) is 0 Å². The molecule has 0 saturated carbocycles. The molecule has 1 aromatic carbocycles. The molecule has 4 heteroatoms. The molecule has 0 spiro atoms. The molecule has 112 valence electrons. The third kappa shape index (κ3) is 5.51. The van der Waals surface area contributed by atoms with Gasteiger partial charge in [0.05, 0.1) is 0 Å². The van der Waals surface area contributed by atoms with Gasteiger partial charge < -0.3 is 15.5 Å². The van der Waals surface area contributed by atoms with Gasteiger partial charge in [-0.1, -0.05) is 12.1 Å². The number of anilines is 1. The van der Waals surface area contributed by atoms with E-state index in [0.29, 0.717) is 6.04 Å². The fourth-order valence-electron chi connectivity index (χ4n) is 2.07. The highest BCUT2D eigenvalue weighted by atomic mass is 15.2.